The van der Waals surface area contributed by atoms with Crippen LogP contribution >= 0.6 is 0 Å². The lowest BCUT2D eigenvalue weighted by Crippen LogP contribution is -2.25. The summed E-state index contributed by atoms with van der Waals surface area (Å²) in [5.41, 5.74) is 0.610. The molecule has 5 nitrogen and oxygen atoms in total. The smallest absolute Gasteiger partial charge is 0.296 e. The van der Waals surface area contributed by atoms with E-state index in [0.29, 0.717) is 24.0 Å². The van der Waals surface area contributed by atoms with Crippen molar-refractivity contribution in [2.24, 2.45) is 5.92 Å². The molecule has 0 spiro atoms. The van der Waals surface area contributed by atoms with Crippen LogP contribution in [0.2, 0.25) is 0 Å². The average molecular weight is 266 g/mol. The number of nitro benzene ring substituents is 1. The number of anilines is 1. The molecule has 1 aromatic rings. The summed E-state index contributed by atoms with van der Waals surface area (Å²) in [6, 6.07) is 5.16. The summed E-state index contributed by atoms with van der Waals surface area (Å²) in [5.74, 6) is 0.938. The second-order valence-corrected chi connectivity index (χ2v) is 4.77. The number of nitro groups is 1. The van der Waals surface area contributed by atoms with Gasteiger partial charge in [-0.3, -0.25) is 10.1 Å². The fourth-order valence-corrected chi connectivity index (χ4v) is 1.98. The zero-order valence-corrected chi connectivity index (χ0v) is 12.0. The topological polar surface area (TPSA) is 64.4 Å². The van der Waals surface area contributed by atoms with Crippen LogP contribution in [-0.2, 0) is 0 Å². The van der Waals surface area contributed by atoms with Crippen LogP contribution in [0.25, 0.3) is 0 Å². The summed E-state index contributed by atoms with van der Waals surface area (Å²) in [7, 11) is 0. The van der Waals surface area contributed by atoms with E-state index in [1.807, 2.05) is 6.92 Å². The molecule has 0 heterocycles. The van der Waals surface area contributed by atoms with Crippen molar-refractivity contribution < 1.29 is 9.66 Å². The minimum atomic E-state index is -0.377. The molecule has 1 atom stereocenters. The first-order chi connectivity index (χ1) is 8.99. The standard InChI is InChI=1S/C14H22N2O3/c1-5-12(10(3)4)15-13-8-7-11(19-6-2)9-14(13)16(17)18/h7-10,12,15H,5-6H2,1-4H3. The molecule has 0 aliphatic carbocycles. The molecule has 0 fully saturated rings. The van der Waals surface area contributed by atoms with Crippen molar-refractivity contribution in [2.75, 3.05) is 11.9 Å². The number of hydrogen-bond donors (Lipinski definition) is 1. The zero-order valence-electron chi connectivity index (χ0n) is 12.0. The Kier molecular flexibility index (Phi) is 5.60. The van der Waals surface area contributed by atoms with Crippen molar-refractivity contribution in [1.29, 1.82) is 0 Å². The Morgan fingerprint density at radius 1 is 1.37 bits per heavy atom. The molecule has 0 aliphatic heterocycles. The van der Waals surface area contributed by atoms with E-state index in [1.54, 1.807) is 12.1 Å². The van der Waals surface area contributed by atoms with Gasteiger partial charge in [-0.1, -0.05) is 20.8 Å². The van der Waals surface area contributed by atoms with Gasteiger partial charge in [0, 0.05) is 6.04 Å². The second kappa shape index (κ2) is 6.97. The van der Waals surface area contributed by atoms with Crippen LogP contribution in [0.5, 0.6) is 5.75 Å². The Bertz CT molecular complexity index is 433. The van der Waals surface area contributed by atoms with Gasteiger partial charge in [0.15, 0.2) is 0 Å². The minimum Gasteiger partial charge on any atom is -0.494 e. The number of nitrogens with zero attached hydrogens (tertiary/aromatic N) is 1. The van der Waals surface area contributed by atoms with E-state index in [-0.39, 0.29) is 16.7 Å². The van der Waals surface area contributed by atoms with Gasteiger partial charge < -0.3 is 10.1 Å². The fraction of sp³-hybridized carbons (Fsp3) is 0.571. The zero-order chi connectivity index (χ0) is 14.4. The van der Waals surface area contributed by atoms with E-state index in [4.69, 9.17) is 4.74 Å². The van der Waals surface area contributed by atoms with Gasteiger partial charge in [-0.15, -0.1) is 0 Å². The van der Waals surface area contributed by atoms with E-state index in [0.717, 1.165) is 6.42 Å². The molecule has 1 rings (SSSR count). The molecule has 106 valence electrons. The van der Waals surface area contributed by atoms with Crippen molar-refractivity contribution in [3.63, 3.8) is 0 Å². The van der Waals surface area contributed by atoms with Crippen molar-refractivity contribution >= 4 is 11.4 Å². The maximum absolute atomic E-state index is 11.1. The molecule has 0 amide bonds. The molecular weight excluding hydrogens is 244 g/mol. The molecule has 0 aromatic heterocycles. The first kappa shape index (κ1) is 15.3. The van der Waals surface area contributed by atoms with Gasteiger partial charge >= 0.3 is 0 Å². The van der Waals surface area contributed by atoms with Crippen LogP contribution < -0.4 is 10.1 Å². The number of benzene rings is 1. The third kappa shape index (κ3) is 4.12. The summed E-state index contributed by atoms with van der Waals surface area (Å²) >= 11 is 0. The van der Waals surface area contributed by atoms with Crippen LogP contribution in [0.15, 0.2) is 18.2 Å². The Hall–Kier alpha value is -1.78. The van der Waals surface area contributed by atoms with Crippen molar-refractivity contribution in [2.45, 2.75) is 40.2 Å². The van der Waals surface area contributed by atoms with Gasteiger partial charge in [0.25, 0.3) is 5.69 Å². The Morgan fingerprint density at radius 2 is 2.05 bits per heavy atom. The normalized spacial score (nSPS) is 12.3. The third-order valence-electron chi connectivity index (χ3n) is 3.06. The van der Waals surface area contributed by atoms with E-state index in [2.05, 4.69) is 26.1 Å². The number of hydrogen-bond acceptors (Lipinski definition) is 4. The van der Waals surface area contributed by atoms with Crippen LogP contribution in [0.3, 0.4) is 0 Å². The number of nitrogens with one attached hydrogen (secondary N) is 1. The lowest BCUT2D eigenvalue weighted by molar-refractivity contribution is -0.384. The molecule has 1 N–H and O–H groups in total. The first-order valence-electron chi connectivity index (χ1n) is 6.67. The summed E-state index contributed by atoms with van der Waals surface area (Å²) < 4.78 is 5.30. The minimum absolute atomic E-state index is 0.0602. The van der Waals surface area contributed by atoms with Crippen molar-refractivity contribution in [3.05, 3.63) is 28.3 Å². The molecule has 0 saturated heterocycles. The lowest BCUT2D eigenvalue weighted by atomic mass is 10.0. The third-order valence-corrected chi connectivity index (χ3v) is 3.06. The summed E-state index contributed by atoms with van der Waals surface area (Å²) in [5, 5.41) is 14.4. The van der Waals surface area contributed by atoms with Gasteiger partial charge in [-0.25, -0.2) is 0 Å². The van der Waals surface area contributed by atoms with Crippen molar-refractivity contribution in [3.8, 4) is 5.75 Å². The second-order valence-electron chi connectivity index (χ2n) is 4.77. The maximum Gasteiger partial charge on any atom is 0.296 e. The Morgan fingerprint density at radius 3 is 2.53 bits per heavy atom. The van der Waals surface area contributed by atoms with E-state index < -0.39 is 0 Å². The van der Waals surface area contributed by atoms with E-state index in [1.165, 1.54) is 6.07 Å². The Balaban J connectivity index is 3.02. The highest BCUT2D eigenvalue weighted by Crippen LogP contribution is 2.30. The molecule has 0 radical (unpaired) electrons. The van der Waals surface area contributed by atoms with E-state index >= 15 is 0 Å². The van der Waals surface area contributed by atoms with E-state index in [9.17, 15) is 10.1 Å². The molecule has 0 bridgehead atoms. The van der Waals surface area contributed by atoms with Crippen LogP contribution in [-0.4, -0.2) is 17.6 Å². The first-order valence-corrected chi connectivity index (χ1v) is 6.67. The summed E-state index contributed by atoms with van der Waals surface area (Å²) in [6.07, 6.45) is 0.919. The van der Waals surface area contributed by atoms with Crippen molar-refractivity contribution in [1.82, 2.24) is 0 Å². The van der Waals surface area contributed by atoms with Crippen LogP contribution in [0.1, 0.15) is 34.1 Å². The molecule has 1 aromatic carbocycles. The number of rotatable bonds is 7. The largest absolute Gasteiger partial charge is 0.494 e. The van der Waals surface area contributed by atoms with Crippen LogP contribution in [0, 0.1) is 16.0 Å². The predicted octanol–water partition coefficient (Wildman–Crippen LogP) is 3.84. The summed E-state index contributed by atoms with van der Waals surface area (Å²) in [6.45, 7) is 8.61. The quantitative estimate of drug-likeness (QED) is 0.601. The fourth-order valence-electron chi connectivity index (χ4n) is 1.98. The highest BCUT2D eigenvalue weighted by atomic mass is 16.6. The highest BCUT2D eigenvalue weighted by Gasteiger charge is 2.19. The molecule has 0 saturated carbocycles. The molecule has 5 heteroatoms. The van der Waals surface area contributed by atoms with Crippen LogP contribution in [0.4, 0.5) is 11.4 Å². The predicted molar refractivity (Wildman–Crippen MR) is 76.8 cm³/mol. The van der Waals surface area contributed by atoms with Gasteiger partial charge in [-0.05, 0) is 31.4 Å². The average Bonchev–Trinajstić information content (AvgIpc) is 2.36. The maximum atomic E-state index is 11.1. The van der Waals surface area contributed by atoms with Gasteiger partial charge in [0.05, 0.1) is 17.6 Å². The molecular formula is C14H22N2O3. The molecule has 19 heavy (non-hydrogen) atoms. The summed E-state index contributed by atoms with van der Waals surface area (Å²) in [4.78, 5) is 10.8. The molecule has 0 aliphatic rings. The highest BCUT2D eigenvalue weighted by molar-refractivity contribution is 5.64. The number of ether oxygens (including phenoxy) is 1. The van der Waals surface area contributed by atoms with Gasteiger partial charge in [0.1, 0.15) is 11.4 Å². The van der Waals surface area contributed by atoms with Gasteiger partial charge in [-0.2, -0.15) is 0 Å². The lowest BCUT2D eigenvalue weighted by Gasteiger charge is -2.22. The Labute approximate surface area is 114 Å². The monoisotopic (exact) mass is 266 g/mol. The molecule has 1 unspecified atom stereocenters. The van der Waals surface area contributed by atoms with Gasteiger partial charge in [0.2, 0.25) is 0 Å². The SMILES string of the molecule is CCOc1ccc(NC(CC)C(C)C)c([N+](=O)[O-])c1.